The maximum absolute atomic E-state index is 15.2. The summed E-state index contributed by atoms with van der Waals surface area (Å²) in [6.07, 6.45) is -6.33. The summed E-state index contributed by atoms with van der Waals surface area (Å²) in [6, 6.07) is 23.3. The molecule has 0 bridgehead atoms. The van der Waals surface area contributed by atoms with Crippen molar-refractivity contribution in [2.24, 2.45) is 23.7 Å². The van der Waals surface area contributed by atoms with Gasteiger partial charge in [0.05, 0.1) is 50.1 Å². The average Bonchev–Trinajstić information content (AvgIpc) is 3.29. The first-order chi connectivity index (χ1) is 30.0. The van der Waals surface area contributed by atoms with Gasteiger partial charge in [-0.15, -0.1) is 0 Å². The van der Waals surface area contributed by atoms with Crippen LogP contribution in [0.4, 0.5) is 0 Å². The van der Waals surface area contributed by atoms with E-state index in [-0.39, 0.29) is 23.0 Å². The number of carbonyl (C=O) groups excluding carboxylic acids is 4. The Hall–Kier alpha value is -4.32. The van der Waals surface area contributed by atoms with Crippen molar-refractivity contribution in [2.45, 2.75) is 62.3 Å². The van der Waals surface area contributed by atoms with Crippen LogP contribution in [0.5, 0.6) is 23.0 Å². The Morgan fingerprint density at radius 2 is 0.609 bits per heavy atom. The zero-order chi connectivity index (χ0) is 47.4. The standard InChI is InChI=1S/C46H48Cl4O14/c1-25(21-61-33-13-5-29(47)6-14-33)37(51)43(57)41(55)42(56)44(58,38(52)26(2)22-62-34-15-7-30(48)8-16-34)46(60,40(54)28(4)24-64-36-19-11-32(50)12-20-36)45(43,59)39(53)27(3)23-63-35-17-9-31(49)10-18-35/h5-20,25-28,41-42,55-60H,21-24H2,1-4H3/t25?,26?,27?,28?,41-,42+,43-,44-,45+,46+/m1/s1. The largest absolute Gasteiger partial charge is 0.493 e. The van der Waals surface area contributed by atoms with Crippen LogP contribution in [0.15, 0.2) is 97.1 Å². The van der Waals surface area contributed by atoms with Crippen LogP contribution in [-0.2, 0) is 19.2 Å². The van der Waals surface area contributed by atoms with Gasteiger partial charge in [0.2, 0.25) is 11.2 Å². The molecule has 1 aliphatic carbocycles. The molecular formula is C46H48Cl4O14. The zero-order valence-electron chi connectivity index (χ0n) is 35.0. The van der Waals surface area contributed by atoms with Crippen LogP contribution < -0.4 is 18.9 Å². The summed E-state index contributed by atoms with van der Waals surface area (Å²) >= 11 is 24.0. The van der Waals surface area contributed by atoms with Crippen molar-refractivity contribution in [1.82, 2.24) is 0 Å². The number of hydrogen-bond acceptors (Lipinski definition) is 14. The lowest BCUT2D eigenvalue weighted by molar-refractivity contribution is -0.339. The highest BCUT2D eigenvalue weighted by atomic mass is 35.5. The van der Waals surface area contributed by atoms with E-state index in [9.17, 15) is 40.2 Å². The van der Waals surface area contributed by atoms with Gasteiger partial charge in [0.1, 0.15) is 35.2 Å². The summed E-state index contributed by atoms with van der Waals surface area (Å²) in [6.45, 7) is 1.99. The predicted molar refractivity (Wildman–Crippen MR) is 236 cm³/mol. The maximum Gasteiger partial charge on any atom is 0.201 e. The van der Waals surface area contributed by atoms with Crippen molar-refractivity contribution in [3.8, 4) is 23.0 Å². The van der Waals surface area contributed by atoms with Gasteiger partial charge in [0.25, 0.3) is 0 Å². The maximum atomic E-state index is 15.2. The minimum Gasteiger partial charge on any atom is -0.493 e. The van der Waals surface area contributed by atoms with Gasteiger partial charge in [-0.1, -0.05) is 74.1 Å². The monoisotopic (exact) mass is 964 g/mol. The SMILES string of the molecule is CC(COc1ccc(Cl)cc1)C(=O)[C@@]1(O)[C@](O)(C(=O)C(C)COc2ccc(Cl)cc2)[C@@](O)(C(=O)C(C)COc2ccc(Cl)cc2)[C@@H](O)[C@@H](O)[C@]1(O)C(=O)C(C)COc1ccc(Cl)cc1. The third-order valence-corrected chi connectivity index (χ3v) is 12.3. The van der Waals surface area contributed by atoms with E-state index in [1.807, 2.05) is 0 Å². The highest BCUT2D eigenvalue weighted by Crippen LogP contribution is 2.54. The average molecular weight is 967 g/mol. The lowest BCUT2D eigenvalue weighted by atomic mass is 9.46. The van der Waals surface area contributed by atoms with Crippen molar-refractivity contribution in [2.75, 3.05) is 26.4 Å². The van der Waals surface area contributed by atoms with Crippen molar-refractivity contribution < 1.29 is 68.8 Å². The molecule has 0 aliphatic heterocycles. The Labute approximate surface area is 389 Å². The number of ether oxygens (including phenoxy) is 4. The summed E-state index contributed by atoms with van der Waals surface area (Å²) in [7, 11) is 0. The van der Waals surface area contributed by atoms with Crippen molar-refractivity contribution in [3.05, 3.63) is 117 Å². The number of Topliss-reactive ketones (excluding diaryl/α,β-unsaturated/α-hetero) is 4. The molecule has 1 aliphatic rings. The molecule has 0 saturated heterocycles. The minimum absolute atomic E-state index is 0.148. The Kier molecular flexibility index (Phi) is 16.2. The number of halogens is 4. The topological polar surface area (TPSA) is 227 Å². The molecule has 5 rings (SSSR count). The molecule has 0 spiro atoms. The molecule has 4 unspecified atom stereocenters. The summed E-state index contributed by atoms with van der Waals surface area (Å²) in [5.74, 6) is -12.8. The highest BCUT2D eigenvalue weighted by molar-refractivity contribution is 6.31. The van der Waals surface area contributed by atoms with Gasteiger partial charge in [0.15, 0.2) is 34.3 Å². The smallest absolute Gasteiger partial charge is 0.201 e. The van der Waals surface area contributed by atoms with Gasteiger partial charge in [0, 0.05) is 20.1 Å². The Morgan fingerprint density at radius 3 is 0.812 bits per heavy atom. The van der Waals surface area contributed by atoms with Gasteiger partial charge in [-0.2, -0.15) is 0 Å². The van der Waals surface area contributed by atoms with Crippen molar-refractivity contribution >= 4 is 69.5 Å². The molecule has 344 valence electrons. The van der Waals surface area contributed by atoms with Gasteiger partial charge < -0.3 is 49.6 Å². The number of benzene rings is 4. The van der Waals surface area contributed by atoms with Crippen molar-refractivity contribution in [1.29, 1.82) is 0 Å². The number of rotatable bonds is 20. The number of aliphatic hydroxyl groups excluding tert-OH is 2. The summed E-state index contributed by atoms with van der Waals surface area (Å²) < 4.78 is 22.9. The van der Waals surface area contributed by atoms with E-state index in [0.29, 0.717) is 20.1 Å². The molecule has 1 saturated carbocycles. The van der Waals surface area contributed by atoms with Crippen LogP contribution in [-0.4, -0.2) is 115 Å². The van der Waals surface area contributed by atoms with E-state index in [2.05, 4.69) is 0 Å². The van der Waals surface area contributed by atoms with Crippen LogP contribution in [0.2, 0.25) is 20.1 Å². The second kappa shape index (κ2) is 20.5. The number of carbonyl (C=O) groups is 4. The molecule has 4 aromatic carbocycles. The molecule has 4 aromatic rings. The van der Waals surface area contributed by atoms with Crippen LogP contribution in [0.3, 0.4) is 0 Å². The Bertz CT molecular complexity index is 2120. The molecule has 14 nitrogen and oxygen atoms in total. The highest BCUT2D eigenvalue weighted by Gasteiger charge is 2.87. The molecule has 0 heterocycles. The molecule has 0 aromatic heterocycles. The Balaban J connectivity index is 1.68. The molecule has 6 N–H and O–H groups in total. The number of ketones is 4. The lowest BCUT2D eigenvalue weighted by Gasteiger charge is -2.63. The fraction of sp³-hybridized carbons (Fsp3) is 0.391. The molecule has 1 fully saturated rings. The van der Waals surface area contributed by atoms with Gasteiger partial charge in [-0.3, -0.25) is 19.2 Å². The van der Waals surface area contributed by atoms with E-state index in [1.54, 1.807) is 0 Å². The van der Waals surface area contributed by atoms with Crippen LogP contribution in [0.25, 0.3) is 0 Å². The normalized spacial score (nSPS) is 26.2. The molecular weight excluding hydrogens is 918 g/mol. The lowest BCUT2D eigenvalue weighted by Crippen LogP contribution is -2.95. The fourth-order valence-electron chi connectivity index (χ4n) is 7.59. The molecule has 0 radical (unpaired) electrons. The third-order valence-electron chi connectivity index (χ3n) is 11.3. The van der Waals surface area contributed by atoms with Crippen LogP contribution >= 0.6 is 46.4 Å². The quantitative estimate of drug-likeness (QED) is 0.0653. The van der Waals surface area contributed by atoms with Gasteiger partial charge >= 0.3 is 0 Å². The van der Waals surface area contributed by atoms with E-state index in [0.717, 1.165) is 13.8 Å². The molecule has 64 heavy (non-hydrogen) atoms. The zero-order valence-corrected chi connectivity index (χ0v) is 38.0. The van der Waals surface area contributed by atoms with Gasteiger partial charge in [-0.25, -0.2) is 0 Å². The summed E-state index contributed by atoms with van der Waals surface area (Å²) in [5.41, 5.74) is -16.9. The molecule has 0 amide bonds. The molecule has 18 heteroatoms. The summed E-state index contributed by atoms with van der Waals surface area (Å²) in [5, 5.41) is 77.5. The van der Waals surface area contributed by atoms with E-state index >= 15 is 9.59 Å². The van der Waals surface area contributed by atoms with Crippen LogP contribution in [0.1, 0.15) is 27.7 Å². The number of hydrogen-bond donors (Lipinski definition) is 6. The van der Waals surface area contributed by atoms with E-state index in [1.165, 1.54) is 111 Å². The second-order valence-corrected chi connectivity index (χ2v) is 17.7. The first-order valence-corrected chi connectivity index (χ1v) is 21.5. The van der Waals surface area contributed by atoms with E-state index in [4.69, 9.17) is 65.4 Å². The second-order valence-electron chi connectivity index (χ2n) is 16.0. The predicted octanol–water partition coefficient (Wildman–Crippen LogP) is 5.40. The summed E-state index contributed by atoms with van der Waals surface area (Å²) in [4.78, 5) is 59.9. The van der Waals surface area contributed by atoms with Gasteiger partial charge in [-0.05, 0) is 97.1 Å². The minimum atomic E-state index is -4.38. The fourth-order valence-corrected chi connectivity index (χ4v) is 8.10. The third kappa shape index (κ3) is 9.64. The van der Waals surface area contributed by atoms with Crippen LogP contribution in [0, 0.1) is 23.7 Å². The van der Waals surface area contributed by atoms with Crippen molar-refractivity contribution in [3.63, 3.8) is 0 Å². The van der Waals surface area contributed by atoms with E-state index < -0.39 is 108 Å². The number of aliphatic hydroxyl groups is 6. The Morgan fingerprint density at radius 1 is 0.422 bits per heavy atom. The first-order valence-electron chi connectivity index (χ1n) is 20.0. The molecule has 10 atom stereocenters. The first kappa shape index (κ1) is 50.7.